The van der Waals surface area contributed by atoms with Gasteiger partial charge in [-0.05, 0) is 67.3 Å². The Kier molecular flexibility index (Phi) is 3.44. The molecule has 1 aromatic heterocycles. The quantitative estimate of drug-likeness (QED) is 0.720. The minimum absolute atomic E-state index is 0.204. The average molecular weight is 400 g/mol. The van der Waals surface area contributed by atoms with Gasteiger partial charge in [-0.15, -0.1) is 0 Å². The summed E-state index contributed by atoms with van der Waals surface area (Å²) in [4.78, 5) is 21.1. The van der Waals surface area contributed by atoms with Crippen LogP contribution >= 0.6 is 0 Å². The Balaban J connectivity index is 1.63. The molecule has 2 aromatic carbocycles. The standard InChI is InChI=1S/C24H21FN4O/c1-13-22-21(23(26)30)27-12-29(22)19-7-6-15(24-9-14(10-24)11-24)8-17(19)20(28-13)16-4-2-3-5-18(16)25/h2-8,12-14H,9-11H2,1H3,(H2,26,30)/t13-,14?,24?/m0/s1. The van der Waals surface area contributed by atoms with E-state index in [4.69, 9.17) is 10.7 Å². The van der Waals surface area contributed by atoms with Gasteiger partial charge < -0.3 is 5.73 Å². The SMILES string of the molecule is C[C@@H]1N=C(c2ccccc2F)c2cc(C34CC(C3)C4)ccc2-n2cnc(C(N)=O)c21. The van der Waals surface area contributed by atoms with E-state index in [2.05, 4.69) is 23.2 Å². The summed E-state index contributed by atoms with van der Waals surface area (Å²) in [7, 11) is 0. The van der Waals surface area contributed by atoms with Gasteiger partial charge in [-0.1, -0.05) is 18.2 Å². The molecule has 3 aromatic rings. The maximum Gasteiger partial charge on any atom is 0.269 e. The zero-order valence-electron chi connectivity index (χ0n) is 16.6. The lowest BCUT2D eigenvalue weighted by molar-refractivity contribution is -0.0274. The van der Waals surface area contributed by atoms with Crippen molar-refractivity contribution >= 4 is 11.6 Å². The number of carbonyl (C=O) groups is 1. The van der Waals surface area contributed by atoms with E-state index in [9.17, 15) is 9.18 Å². The summed E-state index contributed by atoms with van der Waals surface area (Å²) in [6.45, 7) is 1.88. The van der Waals surface area contributed by atoms with E-state index in [1.807, 2.05) is 17.6 Å². The Morgan fingerprint density at radius 1 is 1.17 bits per heavy atom. The molecule has 2 N–H and O–H groups in total. The highest BCUT2D eigenvalue weighted by Crippen LogP contribution is 2.65. The lowest BCUT2D eigenvalue weighted by atomic mass is 9.42. The van der Waals surface area contributed by atoms with Crippen LogP contribution in [-0.4, -0.2) is 21.2 Å². The van der Waals surface area contributed by atoms with Crippen molar-refractivity contribution < 1.29 is 9.18 Å². The molecule has 2 heterocycles. The van der Waals surface area contributed by atoms with E-state index in [-0.39, 0.29) is 16.9 Å². The third-order valence-electron chi connectivity index (χ3n) is 7.05. The van der Waals surface area contributed by atoms with Gasteiger partial charge in [0.2, 0.25) is 0 Å². The molecule has 30 heavy (non-hydrogen) atoms. The number of benzene rings is 2. The number of amides is 1. The normalized spacial score (nSPS) is 25.9. The zero-order chi connectivity index (χ0) is 20.6. The van der Waals surface area contributed by atoms with Crippen LogP contribution in [0.15, 0.2) is 53.8 Å². The van der Waals surface area contributed by atoms with E-state index in [1.165, 1.54) is 30.9 Å². The maximum absolute atomic E-state index is 14.8. The first kappa shape index (κ1) is 17.6. The van der Waals surface area contributed by atoms with Gasteiger partial charge in [0.05, 0.1) is 23.1 Å². The molecule has 6 heteroatoms. The molecule has 3 fully saturated rings. The molecule has 4 aliphatic rings. The number of rotatable bonds is 3. The van der Waals surface area contributed by atoms with Gasteiger partial charge in [0.15, 0.2) is 5.69 Å². The number of primary amides is 1. The summed E-state index contributed by atoms with van der Waals surface area (Å²) in [5, 5.41) is 0. The fraction of sp³-hybridized carbons (Fsp3) is 0.292. The molecular formula is C24H21FN4O. The first-order valence-electron chi connectivity index (χ1n) is 10.3. The number of imidazole rings is 1. The van der Waals surface area contributed by atoms with Crippen molar-refractivity contribution in [2.45, 2.75) is 37.6 Å². The van der Waals surface area contributed by atoms with Crippen LogP contribution in [0.5, 0.6) is 0 Å². The van der Waals surface area contributed by atoms with Crippen molar-refractivity contribution in [3.63, 3.8) is 0 Å². The van der Waals surface area contributed by atoms with Gasteiger partial charge in [0.25, 0.3) is 5.91 Å². The van der Waals surface area contributed by atoms with Gasteiger partial charge in [0.1, 0.15) is 12.1 Å². The highest BCUT2D eigenvalue weighted by molar-refractivity contribution is 6.15. The van der Waals surface area contributed by atoms with Gasteiger partial charge in [-0.2, -0.15) is 0 Å². The summed E-state index contributed by atoms with van der Waals surface area (Å²) in [5.74, 6) is -0.0424. The number of fused-ring (bicyclic) bond motifs is 3. The third kappa shape index (κ3) is 2.24. The lowest BCUT2D eigenvalue weighted by Gasteiger charge is -2.62. The number of hydrogen-bond donors (Lipinski definition) is 1. The highest BCUT2D eigenvalue weighted by Gasteiger charge is 2.57. The van der Waals surface area contributed by atoms with Gasteiger partial charge >= 0.3 is 0 Å². The van der Waals surface area contributed by atoms with E-state index in [0.29, 0.717) is 17.0 Å². The van der Waals surface area contributed by atoms with Crippen LogP contribution in [0.2, 0.25) is 0 Å². The topological polar surface area (TPSA) is 73.3 Å². The number of nitrogens with zero attached hydrogens (tertiary/aromatic N) is 3. The highest BCUT2D eigenvalue weighted by atomic mass is 19.1. The summed E-state index contributed by atoms with van der Waals surface area (Å²) in [6, 6.07) is 12.7. The number of carbonyl (C=O) groups excluding carboxylic acids is 1. The Hall–Kier alpha value is -3.28. The Bertz CT molecular complexity index is 1240. The zero-order valence-corrected chi connectivity index (χ0v) is 16.6. The maximum atomic E-state index is 14.8. The van der Waals surface area contributed by atoms with Crippen LogP contribution in [-0.2, 0) is 5.41 Å². The van der Waals surface area contributed by atoms with Crippen LogP contribution in [0.3, 0.4) is 0 Å². The summed E-state index contributed by atoms with van der Waals surface area (Å²) >= 11 is 0. The fourth-order valence-electron chi connectivity index (χ4n) is 5.43. The molecule has 0 saturated heterocycles. The molecule has 3 aliphatic carbocycles. The summed E-state index contributed by atoms with van der Waals surface area (Å²) in [6.07, 6.45) is 5.31. The molecule has 150 valence electrons. The Labute approximate surface area is 173 Å². The van der Waals surface area contributed by atoms with E-state index < -0.39 is 11.9 Å². The largest absolute Gasteiger partial charge is 0.364 e. The molecule has 5 nitrogen and oxygen atoms in total. The molecule has 3 saturated carbocycles. The van der Waals surface area contributed by atoms with Gasteiger partial charge in [-0.25, -0.2) is 9.37 Å². The molecular weight excluding hydrogens is 379 g/mol. The van der Waals surface area contributed by atoms with Crippen molar-refractivity contribution in [2.24, 2.45) is 16.6 Å². The molecule has 0 unspecified atom stereocenters. The summed E-state index contributed by atoms with van der Waals surface area (Å²) < 4.78 is 16.7. The predicted molar refractivity (Wildman–Crippen MR) is 112 cm³/mol. The minimum Gasteiger partial charge on any atom is -0.364 e. The van der Waals surface area contributed by atoms with Crippen LogP contribution in [0.1, 0.15) is 65.1 Å². The molecule has 0 spiro atoms. The number of aromatic nitrogens is 2. The minimum atomic E-state index is -0.591. The van der Waals surface area contributed by atoms with Crippen molar-refractivity contribution in [3.8, 4) is 5.69 Å². The molecule has 2 bridgehead atoms. The molecule has 7 rings (SSSR count). The van der Waals surface area contributed by atoms with Crippen LogP contribution in [0.4, 0.5) is 4.39 Å². The third-order valence-corrected chi connectivity index (χ3v) is 7.05. The van der Waals surface area contributed by atoms with Crippen molar-refractivity contribution in [2.75, 3.05) is 0 Å². The second kappa shape index (κ2) is 5.88. The number of aliphatic imine (C=N–C) groups is 1. The fourth-order valence-corrected chi connectivity index (χ4v) is 5.43. The van der Waals surface area contributed by atoms with E-state index in [0.717, 1.165) is 17.2 Å². The second-order valence-electron chi connectivity index (χ2n) is 8.84. The Morgan fingerprint density at radius 2 is 1.93 bits per heavy atom. The molecule has 1 amide bonds. The van der Waals surface area contributed by atoms with Gasteiger partial charge in [-0.3, -0.25) is 14.4 Å². The van der Waals surface area contributed by atoms with Gasteiger partial charge in [0, 0.05) is 11.1 Å². The monoisotopic (exact) mass is 400 g/mol. The van der Waals surface area contributed by atoms with E-state index in [1.54, 1.807) is 18.5 Å². The van der Waals surface area contributed by atoms with Crippen LogP contribution in [0, 0.1) is 11.7 Å². The van der Waals surface area contributed by atoms with Crippen molar-refractivity contribution in [1.82, 2.24) is 9.55 Å². The summed E-state index contributed by atoms with van der Waals surface area (Å²) in [5.41, 5.74) is 10.7. The number of hydrogen-bond acceptors (Lipinski definition) is 3. The number of nitrogens with two attached hydrogens (primary N) is 1. The molecule has 1 aliphatic heterocycles. The molecule has 1 atom stereocenters. The average Bonchev–Trinajstić information content (AvgIpc) is 3.05. The van der Waals surface area contributed by atoms with Crippen LogP contribution < -0.4 is 5.73 Å². The first-order valence-corrected chi connectivity index (χ1v) is 10.3. The lowest BCUT2D eigenvalue weighted by Crippen LogP contribution is -2.55. The first-order chi connectivity index (χ1) is 14.5. The van der Waals surface area contributed by atoms with E-state index >= 15 is 0 Å². The smallest absolute Gasteiger partial charge is 0.269 e. The molecule has 0 radical (unpaired) electrons. The van der Waals surface area contributed by atoms with Crippen LogP contribution in [0.25, 0.3) is 5.69 Å². The predicted octanol–water partition coefficient (Wildman–Crippen LogP) is 4.07. The van der Waals surface area contributed by atoms with Crippen molar-refractivity contribution in [1.29, 1.82) is 0 Å². The van der Waals surface area contributed by atoms with Crippen molar-refractivity contribution in [3.05, 3.63) is 82.7 Å². The Morgan fingerprint density at radius 3 is 2.60 bits per heavy atom. The second-order valence-corrected chi connectivity index (χ2v) is 8.84. The number of halogens is 1.